The summed E-state index contributed by atoms with van der Waals surface area (Å²) in [6.45, 7) is 6.55. The zero-order valence-corrected chi connectivity index (χ0v) is 16.5. The zero-order chi connectivity index (χ0) is 19.5. The highest BCUT2D eigenvalue weighted by Gasteiger charge is 2.21. The Balaban J connectivity index is 1.49. The highest BCUT2D eigenvalue weighted by atomic mass is 16.4. The Labute approximate surface area is 166 Å². The van der Waals surface area contributed by atoms with E-state index in [4.69, 9.17) is 14.7 Å². The van der Waals surface area contributed by atoms with E-state index in [-0.39, 0.29) is 0 Å². The maximum Gasteiger partial charge on any atom is 0.226 e. The topological polar surface area (TPSA) is 53.1 Å². The van der Waals surface area contributed by atoms with E-state index in [0.717, 1.165) is 41.1 Å². The van der Waals surface area contributed by atoms with E-state index in [0.29, 0.717) is 17.5 Å². The summed E-state index contributed by atoms with van der Waals surface area (Å²) in [4.78, 5) is 7.30. The predicted molar refractivity (Wildman–Crippen MR) is 111 cm³/mol. The van der Waals surface area contributed by atoms with E-state index < -0.39 is 0 Å². The standard InChI is InChI=1S/C24H25N3O/c1-17-5-4-13-27(17)14-12-23-18(2)28-24(26-23)21-10-8-20(9-11-21)22-7-3-6-19(15-22)16-25/h3,6-11,15,17H,4-5,12-14H2,1-2H3. The van der Waals surface area contributed by atoms with Gasteiger partial charge in [-0.05, 0) is 68.6 Å². The minimum absolute atomic E-state index is 0.668. The first kappa shape index (κ1) is 18.5. The molecule has 1 aliphatic rings. The number of aromatic nitrogens is 1. The summed E-state index contributed by atoms with van der Waals surface area (Å²) in [7, 11) is 0. The molecule has 3 aromatic rings. The van der Waals surface area contributed by atoms with Gasteiger partial charge in [-0.1, -0.05) is 24.3 Å². The van der Waals surface area contributed by atoms with Gasteiger partial charge in [-0.25, -0.2) is 4.98 Å². The van der Waals surface area contributed by atoms with Gasteiger partial charge < -0.3 is 9.32 Å². The fourth-order valence-corrected chi connectivity index (χ4v) is 3.93. The third kappa shape index (κ3) is 3.85. The van der Waals surface area contributed by atoms with Crippen molar-refractivity contribution in [2.45, 2.75) is 39.2 Å². The first-order valence-corrected chi connectivity index (χ1v) is 9.95. The van der Waals surface area contributed by atoms with Gasteiger partial charge in [0.25, 0.3) is 0 Å². The van der Waals surface area contributed by atoms with Gasteiger partial charge >= 0.3 is 0 Å². The van der Waals surface area contributed by atoms with Crippen molar-refractivity contribution in [2.24, 2.45) is 0 Å². The van der Waals surface area contributed by atoms with Crippen molar-refractivity contribution in [1.82, 2.24) is 9.88 Å². The van der Waals surface area contributed by atoms with E-state index in [1.807, 2.05) is 43.3 Å². The van der Waals surface area contributed by atoms with Crippen molar-refractivity contribution in [3.05, 3.63) is 65.5 Å². The summed E-state index contributed by atoms with van der Waals surface area (Å²) < 4.78 is 5.95. The number of nitriles is 1. The summed E-state index contributed by atoms with van der Waals surface area (Å²) in [5.74, 6) is 1.59. The number of rotatable bonds is 5. The molecule has 2 heterocycles. The molecular formula is C24H25N3O. The second-order valence-electron chi connectivity index (χ2n) is 7.57. The minimum Gasteiger partial charge on any atom is -0.441 e. The minimum atomic E-state index is 0.668. The third-order valence-corrected chi connectivity index (χ3v) is 5.68. The van der Waals surface area contributed by atoms with Crippen molar-refractivity contribution in [1.29, 1.82) is 5.26 Å². The Morgan fingerprint density at radius 3 is 2.64 bits per heavy atom. The lowest BCUT2D eigenvalue weighted by atomic mass is 10.0. The van der Waals surface area contributed by atoms with Crippen LogP contribution >= 0.6 is 0 Å². The molecule has 0 spiro atoms. The fraction of sp³-hybridized carbons (Fsp3) is 0.333. The molecule has 0 N–H and O–H groups in total. The molecule has 0 bridgehead atoms. The van der Waals surface area contributed by atoms with Crippen LogP contribution in [0, 0.1) is 18.3 Å². The molecule has 4 nitrogen and oxygen atoms in total. The highest BCUT2D eigenvalue weighted by molar-refractivity contribution is 5.68. The Morgan fingerprint density at radius 1 is 1.14 bits per heavy atom. The molecule has 1 unspecified atom stereocenters. The number of aryl methyl sites for hydroxylation is 1. The number of hydrogen-bond acceptors (Lipinski definition) is 4. The quantitative estimate of drug-likeness (QED) is 0.617. The van der Waals surface area contributed by atoms with Crippen molar-refractivity contribution < 1.29 is 4.42 Å². The van der Waals surface area contributed by atoms with Gasteiger partial charge in [-0.15, -0.1) is 0 Å². The Morgan fingerprint density at radius 2 is 1.93 bits per heavy atom. The van der Waals surface area contributed by atoms with Crippen molar-refractivity contribution in [3.63, 3.8) is 0 Å². The van der Waals surface area contributed by atoms with E-state index in [1.165, 1.54) is 19.4 Å². The molecule has 4 rings (SSSR count). The molecule has 1 aromatic heterocycles. The lowest BCUT2D eigenvalue weighted by Gasteiger charge is -2.20. The smallest absolute Gasteiger partial charge is 0.226 e. The molecule has 142 valence electrons. The van der Waals surface area contributed by atoms with Crippen LogP contribution in [0.3, 0.4) is 0 Å². The van der Waals surface area contributed by atoms with Crippen LogP contribution < -0.4 is 0 Å². The van der Waals surface area contributed by atoms with Gasteiger partial charge in [-0.2, -0.15) is 5.26 Å². The molecular weight excluding hydrogens is 346 g/mol. The lowest BCUT2D eigenvalue weighted by molar-refractivity contribution is 0.271. The maximum absolute atomic E-state index is 9.08. The van der Waals surface area contributed by atoms with Crippen molar-refractivity contribution in [2.75, 3.05) is 13.1 Å². The Kier molecular flexibility index (Phi) is 5.27. The van der Waals surface area contributed by atoms with Gasteiger partial charge in [-0.3, -0.25) is 0 Å². The first-order chi connectivity index (χ1) is 13.6. The van der Waals surface area contributed by atoms with Gasteiger partial charge in [0.2, 0.25) is 5.89 Å². The highest BCUT2D eigenvalue weighted by Crippen LogP contribution is 2.27. The molecule has 0 radical (unpaired) electrons. The van der Waals surface area contributed by atoms with Crippen LogP contribution in [0.25, 0.3) is 22.6 Å². The van der Waals surface area contributed by atoms with Gasteiger partial charge in [0, 0.05) is 24.6 Å². The molecule has 0 amide bonds. The van der Waals surface area contributed by atoms with Crippen molar-refractivity contribution >= 4 is 0 Å². The molecule has 1 saturated heterocycles. The van der Waals surface area contributed by atoms with Crippen LogP contribution in [-0.4, -0.2) is 29.0 Å². The van der Waals surface area contributed by atoms with Crippen LogP contribution in [0.5, 0.6) is 0 Å². The Bertz CT molecular complexity index is 997. The summed E-state index contributed by atoms with van der Waals surface area (Å²) in [5, 5.41) is 9.08. The average Bonchev–Trinajstić information content (AvgIpc) is 3.31. The SMILES string of the molecule is Cc1oc(-c2ccc(-c3cccc(C#N)c3)cc2)nc1CCN1CCCC1C. The number of oxazole rings is 1. The van der Waals surface area contributed by atoms with E-state index in [1.54, 1.807) is 0 Å². The normalized spacial score (nSPS) is 17.0. The molecule has 1 atom stereocenters. The summed E-state index contributed by atoms with van der Waals surface area (Å²) in [6.07, 6.45) is 3.53. The molecule has 2 aromatic carbocycles. The van der Waals surface area contributed by atoms with E-state index >= 15 is 0 Å². The molecule has 0 saturated carbocycles. The van der Waals surface area contributed by atoms with E-state index in [9.17, 15) is 0 Å². The second kappa shape index (κ2) is 8.00. The van der Waals surface area contributed by atoms with Crippen LogP contribution in [0.2, 0.25) is 0 Å². The second-order valence-corrected chi connectivity index (χ2v) is 7.57. The van der Waals surface area contributed by atoms with Gasteiger partial charge in [0.15, 0.2) is 0 Å². The summed E-state index contributed by atoms with van der Waals surface area (Å²) >= 11 is 0. The molecule has 4 heteroatoms. The number of nitrogens with zero attached hydrogens (tertiary/aromatic N) is 3. The monoisotopic (exact) mass is 371 g/mol. The molecule has 1 fully saturated rings. The number of benzene rings is 2. The maximum atomic E-state index is 9.08. The van der Waals surface area contributed by atoms with Crippen LogP contribution in [0.15, 0.2) is 52.9 Å². The third-order valence-electron chi connectivity index (χ3n) is 5.68. The number of hydrogen-bond donors (Lipinski definition) is 0. The van der Waals surface area contributed by atoms with Gasteiger partial charge in [0.05, 0.1) is 17.3 Å². The first-order valence-electron chi connectivity index (χ1n) is 9.95. The molecule has 1 aliphatic heterocycles. The zero-order valence-electron chi connectivity index (χ0n) is 16.5. The molecule has 0 aliphatic carbocycles. The van der Waals surface area contributed by atoms with E-state index in [2.05, 4.69) is 30.0 Å². The van der Waals surface area contributed by atoms with Crippen LogP contribution in [0.4, 0.5) is 0 Å². The van der Waals surface area contributed by atoms with Crippen LogP contribution in [0.1, 0.15) is 36.8 Å². The fourth-order valence-electron chi connectivity index (χ4n) is 3.93. The number of likely N-dealkylation sites (tertiary alicyclic amines) is 1. The van der Waals surface area contributed by atoms with Crippen molar-refractivity contribution in [3.8, 4) is 28.7 Å². The van der Waals surface area contributed by atoms with Gasteiger partial charge in [0.1, 0.15) is 5.76 Å². The Hall–Kier alpha value is -2.90. The predicted octanol–water partition coefficient (Wildman–Crippen LogP) is 5.22. The molecule has 28 heavy (non-hydrogen) atoms. The average molecular weight is 371 g/mol. The largest absolute Gasteiger partial charge is 0.441 e. The summed E-state index contributed by atoms with van der Waals surface area (Å²) in [6, 6.07) is 18.7. The van der Waals surface area contributed by atoms with Crippen LogP contribution in [-0.2, 0) is 6.42 Å². The summed E-state index contributed by atoms with van der Waals surface area (Å²) in [5.41, 5.74) is 4.81. The lowest BCUT2D eigenvalue weighted by Crippen LogP contribution is -2.29.